The second kappa shape index (κ2) is 6.01. The van der Waals surface area contributed by atoms with Crippen LogP contribution in [-0.4, -0.2) is 13.4 Å². The van der Waals surface area contributed by atoms with Gasteiger partial charge in [0.2, 0.25) is 0 Å². The molecule has 0 spiro atoms. The molecule has 0 saturated carbocycles. The second-order valence-electron chi connectivity index (χ2n) is 5.66. The summed E-state index contributed by atoms with van der Waals surface area (Å²) in [5, 5.41) is 1.53. The van der Waals surface area contributed by atoms with Gasteiger partial charge >= 0.3 is 0 Å². The molecular weight excluding hydrogens is 308 g/mol. The van der Waals surface area contributed by atoms with Crippen molar-refractivity contribution in [1.82, 2.24) is 4.98 Å². The fraction of sp³-hybridized carbons (Fsp3) is 0.167. The van der Waals surface area contributed by atoms with E-state index in [2.05, 4.69) is 29.8 Å². The lowest BCUT2D eigenvalue weighted by molar-refractivity contribution is 0.601. The highest BCUT2D eigenvalue weighted by Gasteiger charge is 2.16. The van der Waals surface area contributed by atoms with Gasteiger partial charge in [-0.1, -0.05) is 50.2 Å². The molecule has 3 aromatic rings. The number of fused-ring (bicyclic) bond motifs is 1. The van der Waals surface area contributed by atoms with E-state index in [1.165, 1.54) is 6.20 Å². The van der Waals surface area contributed by atoms with Gasteiger partial charge in [0, 0.05) is 10.8 Å². The van der Waals surface area contributed by atoms with Gasteiger partial charge in [0.1, 0.15) is 0 Å². The Labute approximate surface area is 136 Å². The Hall–Kier alpha value is -2.40. The van der Waals surface area contributed by atoms with Crippen LogP contribution in [0, 0.1) is 6.20 Å². The topological polar surface area (TPSA) is 59.1 Å². The Morgan fingerprint density at radius 3 is 2.43 bits per heavy atom. The highest BCUT2D eigenvalue weighted by atomic mass is 32.2. The van der Waals surface area contributed by atoms with Crippen LogP contribution in [0.5, 0.6) is 0 Å². The molecular formula is C18H17N2O2S. The van der Waals surface area contributed by atoms with Crippen molar-refractivity contribution >= 4 is 26.5 Å². The van der Waals surface area contributed by atoms with E-state index < -0.39 is 10.0 Å². The second-order valence-corrected chi connectivity index (χ2v) is 7.34. The lowest BCUT2D eigenvalue weighted by Gasteiger charge is -2.11. The Balaban J connectivity index is 1.97. The van der Waals surface area contributed by atoms with E-state index in [0.717, 1.165) is 16.3 Å². The minimum absolute atomic E-state index is 0.235. The van der Waals surface area contributed by atoms with Gasteiger partial charge in [-0.2, -0.15) is 0 Å². The maximum absolute atomic E-state index is 12.6. The number of pyridine rings is 1. The quantitative estimate of drug-likeness (QED) is 0.790. The predicted octanol–water partition coefficient (Wildman–Crippen LogP) is 3.96. The molecule has 1 aromatic heterocycles. The van der Waals surface area contributed by atoms with E-state index in [1.807, 2.05) is 36.4 Å². The number of aromatic nitrogens is 1. The van der Waals surface area contributed by atoms with Crippen molar-refractivity contribution in [2.75, 3.05) is 4.72 Å². The average molecular weight is 325 g/mol. The Bertz CT molecular complexity index is 927. The molecule has 0 saturated heterocycles. The van der Waals surface area contributed by atoms with Gasteiger partial charge < -0.3 is 0 Å². The van der Waals surface area contributed by atoms with Gasteiger partial charge in [0.25, 0.3) is 10.0 Å². The number of anilines is 1. The van der Waals surface area contributed by atoms with E-state index in [9.17, 15) is 8.42 Å². The first-order chi connectivity index (χ1) is 11.0. The minimum atomic E-state index is -3.65. The molecule has 0 bridgehead atoms. The fourth-order valence-corrected chi connectivity index (χ4v) is 3.43. The highest BCUT2D eigenvalue weighted by molar-refractivity contribution is 7.92. The standard InChI is InChI=1S/C18H17N2O2S/c1-13(2)14-7-9-16(10-8-14)23(21,22)20-18-12-19-11-15-5-3-4-6-17(15)18/h3-10,12-13,20H,1-2H3. The summed E-state index contributed by atoms with van der Waals surface area (Å²) in [6.45, 7) is 4.14. The van der Waals surface area contributed by atoms with Crippen LogP contribution in [0.4, 0.5) is 5.69 Å². The third kappa shape index (κ3) is 3.19. The molecule has 23 heavy (non-hydrogen) atoms. The molecule has 1 radical (unpaired) electrons. The van der Waals surface area contributed by atoms with Crippen LogP contribution < -0.4 is 4.72 Å². The molecule has 117 valence electrons. The van der Waals surface area contributed by atoms with Gasteiger partial charge in [-0.05, 0) is 23.6 Å². The summed E-state index contributed by atoms with van der Waals surface area (Å²) >= 11 is 0. The molecule has 1 heterocycles. The van der Waals surface area contributed by atoms with Crippen LogP contribution >= 0.6 is 0 Å². The summed E-state index contributed by atoms with van der Waals surface area (Å²) in [5.41, 5.74) is 1.55. The summed E-state index contributed by atoms with van der Waals surface area (Å²) in [7, 11) is -3.65. The summed E-state index contributed by atoms with van der Waals surface area (Å²) < 4.78 is 27.8. The number of nitrogens with zero attached hydrogens (tertiary/aromatic N) is 1. The summed E-state index contributed by atoms with van der Waals surface area (Å²) in [6, 6.07) is 14.3. The number of nitrogens with one attached hydrogen (secondary N) is 1. The Morgan fingerprint density at radius 1 is 1.04 bits per heavy atom. The number of rotatable bonds is 4. The lowest BCUT2D eigenvalue weighted by atomic mass is 10.0. The van der Waals surface area contributed by atoms with E-state index in [1.54, 1.807) is 12.1 Å². The number of benzene rings is 2. The smallest absolute Gasteiger partial charge is 0.261 e. The third-order valence-electron chi connectivity index (χ3n) is 3.70. The van der Waals surface area contributed by atoms with Gasteiger partial charge in [-0.3, -0.25) is 9.71 Å². The zero-order valence-corrected chi connectivity index (χ0v) is 13.8. The maximum atomic E-state index is 12.6. The van der Waals surface area contributed by atoms with Crippen LogP contribution in [-0.2, 0) is 10.0 Å². The zero-order valence-electron chi connectivity index (χ0n) is 12.9. The first-order valence-electron chi connectivity index (χ1n) is 7.35. The summed E-state index contributed by atoms with van der Waals surface area (Å²) in [5.74, 6) is 0.359. The first-order valence-corrected chi connectivity index (χ1v) is 8.84. The van der Waals surface area contributed by atoms with Gasteiger partial charge in [-0.15, -0.1) is 0 Å². The van der Waals surface area contributed by atoms with Crippen molar-refractivity contribution in [3.8, 4) is 0 Å². The predicted molar refractivity (Wildman–Crippen MR) is 91.9 cm³/mol. The monoisotopic (exact) mass is 325 g/mol. The Kier molecular flexibility index (Phi) is 4.05. The normalized spacial score (nSPS) is 11.8. The van der Waals surface area contributed by atoms with Crippen molar-refractivity contribution in [3.63, 3.8) is 0 Å². The minimum Gasteiger partial charge on any atom is -0.277 e. The van der Waals surface area contributed by atoms with E-state index in [0.29, 0.717) is 11.6 Å². The maximum Gasteiger partial charge on any atom is 0.261 e. The van der Waals surface area contributed by atoms with Gasteiger partial charge in [-0.25, -0.2) is 8.42 Å². The molecule has 0 fully saturated rings. The Morgan fingerprint density at radius 2 is 1.74 bits per heavy atom. The average Bonchev–Trinajstić information content (AvgIpc) is 2.55. The molecule has 1 N–H and O–H groups in total. The molecule has 0 aliphatic heterocycles. The van der Waals surface area contributed by atoms with Crippen molar-refractivity contribution in [3.05, 3.63) is 66.5 Å². The van der Waals surface area contributed by atoms with Gasteiger partial charge in [0.05, 0.1) is 23.0 Å². The summed E-state index contributed by atoms with van der Waals surface area (Å²) in [6.07, 6.45) is 4.33. The molecule has 2 aromatic carbocycles. The van der Waals surface area contributed by atoms with Crippen molar-refractivity contribution in [2.24, 2.45) is 0 Å². The fourth-order valence-electron chi connectivity index (χ4n) is 2.37. The number of hydrogen-bond acceptors (Lipinski definition) is 3. The van der Waals surface area contributed by atoms with Crippen molar-refractivity contribution in [1.29, 1.82) is 0 Å². The van der Waals surface area contributed by atoms with E-state index in [4.69, 9.17) is 0 Å². The molecule has 0 amide bonds. The van der Waals surface area contributed by atoms with E-state index >= 15 is 0 Å². The molecule has 0 unspecified atom stereocenters. The molecule has 0 atom stereocenters. The highest BCUT2D eigenvalue weighted by Crippen LogP contribution is 2.25. The number of hydrogen-bond donors (Lipinski definition) is 1. The molecule has 5 heteroatoms. The zero-order chi connectivity index (χ0) is 16.4. The molecule has 3 rings (SSSR count). The van der Waals surface area contributed by atoms with Crippen LogP contribution in [0.2, 0.25) is 0 Å². The van der Waals surface area contributed by atoms with Crippen LogP contribution in [0.15, 0.2) is 59.6 Å². The molecule has 0 aliphatic carbocycles. The SMILES string of the molecule is CC(C)c1ccc(S(=O)(=O)Nc2cn[c]c3ccccc23)cc1. The van der Waals surface area contributed by atoms with Crippen LogP contribution in [0.3, 0.4) is 0 Å². The van der Waals surface area contributed by atoms with Crippen LogP contribution in [0.1, 0.15) is 25.3 Å². The van der Waals surface area contributed by atoms with Gasteiger partial charge in [0.15, 0.2) is 0 Å². The van der Waals surface area contributed by atoms with E-state index in [-0.39, 0.29) is 4.90 Å². The van der Waals surface area contributed by atoms with Crippen LogP contribution in [0.25, 0.3) is 10.8 Å². The first kappa shape index (κ1) is 15.5. The molecule has 0 aliphatic rings. The largest absolute Gasteiger partial charge is 0.277 e. The molecule has 4 nitrogen and oxygen atoms in total. The number of sulfonamides is 1. The van der Waals surface area contributed by atoms with Crippen molar-refractivity contribution in [2.45, 2.75) is 24.7 Å². The van der Waals surface area contributed by atoms with Crippen molar-refractivity contribution < 1.29 is 8.42 Å². The summed E-state index contributed by atoms with van der Waals surface area (Å²) in [4.78, 5) is 4.21. The third-order valence-corrected chi connectivity index (χ3v) is 5.08. The lowest BCUT2D eigenvalue weighted by Crippen LogP contribution is -2.13.